The van der Waals surface area contributed by atoms with E-state index in [0.29, 0.717) is 12.1 Å². The second kappa shape index (κ2) is 6.76. The highest BCUT2D eigenvalue weighted by atomic mass is 16.6. The van der Waals surface area contributed by atoms with Crippen molar-refractivity contribution in [2.24, 2.45) is 0 Å². The van der Waals surface area contributed by atoms with Crippen LogP contribution < -0.4 is 5.32 Å². The van der Waals surface area contributed by atoms with Crippen LogP contribution >= 0.6 is 0 Å². The van der Waals surface area contributed by atoms with Crippen molar-refractivity contribution in [2.45, 2.75) is 64.2 Å². The molecule has 1 unspecified atom stereocenters. The van der Waals surface area contributed by atoms with Gasteiger partial charge < -0.3 is 19.7 Å². The number of carbonyl (C=O) groups is 1. The van der Waals surface area contributed by atoms with Crippen LogP contribution in [0.15, 0.2) is 0 Å². The van der Waals surface area contributed by atoms with Crippen LogP contribution in [0.4, 0.5) is 4.79 Å². The Morgan fingerprint density at radius 1 is 1.35 bits per heavy atom. The third-order valence-corrected chi connectivity index (χ3v) is 3.71. The number of rotatable bonds is 4. The van der Waals surface area contributed by atoms with E-state index in [2.05, 4.69) is 5.32 Å². The average Bonchev–Trinajstić information content (AvgIpc) is 2.31. The van der Waals surface area contributed by atoms with Crippen molar-refractivity contribution in [1.29, 1.82) is 0 Å². The third-order valence-electron chi connectivity index (χ3n) is 3.71. The molecule has 2 heterocycles. The van der Waals surface area contributed by atoms with Gasteiger partial charge in [0.2, 0.25) is 0 Å². The predicted octanol–water partition coefficient (Wildman–Crippen LogP) is 2.15. The number of nitrogens with one attached hydrogen (secondary N) is 1. The fourth-order valence-electron chi connectivity index (χ4n) is 2.57. The highest BCUT2D eigenvalue weighted by molar-refractivity contribution is 5.69. The van der Waals surface area contributed by atoms with E-state index in [1.165, 1.54) is 19.3 Å². The minimum absolute atomic E-state index is 0.203. The van der Waals surface area contributed by atoms with Gasteiger partial charge in [-0.1, -0.05) is 0 Å². The van der Waals surface area contributed by atoms with Gasteiger partial charge in [0.05, 0.1) is 6.10 Å². The number of hydrogen-bond acceptors (Lipinski definition) is 4. The molecule has 2 rings (SSSR count). The van der Waals surface area contributed by atoms with E-state index in [0.717, 1.165) is 32.7 Å². The summed E-state index contributed by atoms with van der Waals surface area (Å²) in [6.45, 7) is 9.07. The maximum atomic E-state index is 11.8. The lowest BCUT2D eigenvalue weighted by molar-refractivity contribution is 0.000390. The summed E-state index contributed by atoms with van der Waals surface area (Å²) < 4.78 is 11.0. The Hall–Kier alpha value is -0.810. The molecule has 0 radical (unpaired) electrons. The normalized spacial score (nSPS) is 24.4. The molecule has 2 aliphatic heterocycles. The summed E-state index contributed by atoms with van der Waals surface area (Å²) in [5, 5.41) is 3.48. The topological polar surface area (TPSA) is 50.8 Å². The summed E-state index contributed by atoms with van der Waals surface area (Å²) in [7, 11) is 0. The van der Waals surface area contributed by atoms with E-state index in [1.54, 1.807) is 4.90 Å². The highest BCUT2D eigenvalue weighted by Crippen LogP contribution is 2.17. The summed E-state index contributed by atoms with van der Waals surface area (Å²) in [4.78, 5) is 13.5. The standard InChI is InChI=1S/C15H28N2O3/c1-15(2,3)20-14(18)17-10-12(11-17)16-8-7-13-6-4-5-9-19-13/h12-13,16H,4-11H2,1-3H3. The lowest BCUT2D eigenvalue weighted by atomic mass is 10.1. The van der Waals surface area contributed by atoms with Crippen LogP contribution in [0.3, 0.4) is 0 Å². The molecule has 5 heteroatoms. The Kier molecular flexibility index (Phi) is 5.27. The Labute approximate surface area is 122 Å². The van der Waals surface area contributed by atoms with Gasteiger partial charge in [-0.15, -0.1) is 0 Å². The molecule has 1 amide bonds. The minimum atomic E-state index is -0.409. The Bertz CT molecular complexity index is 316. The number of amides is 1. The highest BCUT2D eigenvalue weighted by Gasteiger charge is 2.33. The van der Waals surface area contributed by atoms with Crippen LogP contribution in [-0.2, 0) is 9.47 Å². The predicted molar refractivity (Wildman–Crippen MR) is 77.8 cm³/mol. The van der Waals surface area contributed by atoms with Crippen molar-refractivity contribution in [3.63, 3.8) is 0 Å². The smallest absolute Gasteiger partial charge is 0.410 e. The zero-order valence-corrected chi connectivity index (χ0v) is 13.0. The fraction of sp³-hybridized carbons (Fsp3) is 0.933. The number of ether oxygens (including phenoxy) is 2. The van der Waals surface area contributed by atoms with Gasteiger partial charge in [0, 0.05) is 25.7 Å². The van der Waals surface area contributed by atoms with Crippen LogP contribution in [0.2, 0.25) is 0 Å². The second-order valence-corrected chi connectivity index (χ2v) is 6.81. The van der Waals surface area contributed by atoms with Gasteiger partial charge in [0.25, 0.3) is 0 Å². The van der Waals surface area contributed by atoms with E-state index in [9.17, 15) is 4.79 Å². The van der Waals surface area contributed by atoms with Crippen LogP contribution in [0, 0.1) is 0 Å². The van der Waals surface area contributed by atoms with E-state index in [4.69, 9.17) is 9.47 Å². The van der Waals surface area contributed by atoms with Gasteiger partial charge in [-0.2, -0.15) is 0 Å². The van der Waals surface area contributed by atoms with Gasteiger partial charge in [0.1, 0.15) is 5.60 Å². The average molecular weight is 284 g/mol. The van der Waals surface area contributed by atoms with Crippen LogP contribution in [-0.4, -0.2) is 55.0 Å². The van der Waals surface area contributed by atoms with Crippen LogP contribution in [0.25, 0.3) is 0 Å². The number of nitrogens with zero attached hydrogens (tertiary/aromatic N) is 1. The van der Waals surface area contributed by atoms with Gasteiger partial charge in [-0.3, -0.25) is 0 Å². The Morgan fingerprint density at radius 3 is 2.70 bits per heavy atom. The molecule has 1 N–H and O–H groups in total. The molecule has 2 fully saturated rings. The molecule has 0 aliphatic carbocycles. The molecule has 0 spiro atoms. The Morgan fingerprint density at radius 2 is 2.10 bits per heavy atom. The molecule has 1 atom stereocenters. The van der Waals surface area contributed by atoms with Crippen LogP contribution in [0.1, 0.15) is 46.5 Å². The molecule has 2 aliphatic rings. The van der Waals surface area contributed by atoms with E-state index in [-0.39, 0.29) is 6.09 Å². The van der Waals surface area contributed by atoms with E-state index < -0.39 is 5.60 Å². The number of likely N-dealkylation sites (tertiary alicyclic amines) is 1. The first-order chi connectivity index (χ1) is 9.44. The number of hydrogen-bond donors (Lipinski definition) is 1. The van der Waals surface area contributed by atoms with E-state index in [1.807, 2.05) is 20.8 Å². The largest absolute Gasteiger partial charge is 0.444 e. The van der Waals surface area contributed by atoms with Crippen LogP contribution in [0.5, 0.6) is 0 Å². The Balaban J connectivity index is 1.54. The second-order valence-electron chi connectivity index (χ2n) is 6.81. The maximum absolute atomic E-state index is 11.8. The van der Waals surface area contributed by atoms with Gasteiger partial charge in [-0.05, 0) is 53.0 Å². The summed E-state index contributed by atoms with van der Waals surface area (Å²) in [5.41, 5.74) is -0.409. The maximum Gasteiger partial charge on any atom is 0.410 e. The first kappa shape index (κ1) is 15.6. The molecule has 0 aromatic carbocycles. The molecular weight excluding hydrogens is 256 g/mol. The van der Waals surface area contributed by atoms with E-state index >= 15 is 0 Å². The summed E-state index contributed by atoms with van der Waals surface area (Å²) in [5.74, 6) is 0. The van der Waals surface area contributed by atoms with Crippen molar-refractivity contribution in [2.75, 3.05) is 26.2 Å². The third kappa shape index (κ3) is 4.94. The zero-order chi connectivity index (χ0) is 14.6. The van der Waals surface area contributed by atoms with Gasteiger partial charge in [-0.25, -0.2) is 4.79 Å². The molecule has 0 saturated carbocycles. The molecule has 0 aromatic heterocycles. The molecule has 5 nitrogen and oxygen atoms in total. The summed E-state index contributed by atoms with van der Waals surface area (Å²) in [6, 6.07) is 0.408. The molecule has 20 heavy (non-hydrogen) atoms. The number of carbonyl (C=O) groups excluding carboxylic acids is 1. The molecular formula is C15H28N2O3. The van der Waals surface area contributed by atoms with Gasteiger partial charge >= 0.3 is 6.09 Å². The first-order valence-corrected chi connectivity index (χ1v) is 7.77. The first-order valence-electron chi connectivity index (χ1n) is 7.77. The summed E-state index contributed by atoms with van der Waals surface area (Å²) in [6.07, 6.45) is 4.99. The monoisotopic (exact) mass is 284 g/mol. The lowest BCUT2D eigenvalue weighted by Crippen LogP contribution is -2.60. The molecule has 0 aromatic rings. The summed E-state index contributed by atoms with van der Waals surface area (Å²) >= 11 is 0. The van der Waals surface area contributed by atoms with Crippen molar-refractivity contribution in [3.8, 4) is 0 Å². The molecule has 2 saturated heterocycles. The fourth-order valence-corrected chi connectivity index (χ4v) is 2.57. The molecule has 116 valence electrons. The quantitative estimate of drug-likeness (QED) is 0.859. The lowest BCUT2D eigenvalue weighted by Gasteiger charge is -2.40. The SMILES string of the molecule is CC(C)(C)OC(=O)N1CC(NCCC2CCCCO2)C1. The van der Waals surface area contributed by atoms with Gasteiger partial charge in [0.15, 0.2) is 0 Å². The van der Waals surface area contributed by atoms with Crippen molar-refractivity contribution in [1.82, 2.24) is 10.2 Å². The zero-order valence-electron chi connectivity index (χ0n) is 13.0. The van der Waals surface area contributed by atoms with Crippen molar-refractivity contribution >= 4 is 6.09 Å². The molecule has 0 bridgehead atoms. The van der Waals surface area contributed by atoms with Crippen molar-refractivity contribution in [3.05, 3.63) is 0 Å². The van der Waals surface area contributed by atoms with Crippen molar-refractivity contribution < 1.29 is 14.3 Å². The minimum Gasteiger partial charge on any atom is -0.444 e.